The fraction of sp³-hybridized carbons (Fsp3) is 0.483. The van der Waals surface area contributed by atoms with Crippen LogP contribution in [-0.2, 0) is 42.4 Å². The second-order valence-electron chi connectivity index (χ2n) is 10.7. The zero-order chi connectivity index (χ0) is 32.6. The summed E-state index contributed by atoms with van der Waals surface area (Å²) >= 11 is 0. The highest BCUT2D eigenvalue weighted by atomic mass is 31.2. The number of nitrogen functional groups attached to an aromatic ring is 1. The van der Waals surface area contributed by atoms with Gasteiger partial charge in [-0.2, -0.15) is 10.2 Å². The van der Waals surface area contributed by atoms with Crippen molar-refractivity contribution in [1.29, 1.82) is 0 Å². The van der Waals surface area contributed by atoms with Crippen LogP contribution in [0.15, 0.2) is 48.8 Å². The number of rotatable bonds is 13. The van der Waals surface area contributed by atoms with Gasteiger partial charge in [-0.25, -0.2) is 14.1 Å². The predicted octanol–water partition coefficient (Wildman–Crippen LogP) is 3.28. The fourth-order valence-electron chi connectivity index (χ4n) is 5.51. The van der Waals surface area contributed by atoms with Crippen LogP contribution in [0.3, 0.4) is 0 Å². The van der Waals surface area contributed by atoms with Gasteiger partial charge < -0.3 is 29.2 Å². The number of nitrogens with zero attached hydrogens (tertiary/aromatic N) is 3. The Morgan fingerprint density at radius 2 is 1.82 bits per heavy atom. The molecule has 2 aromatic heterocycles. The molecule has 1 unspecified atom stereocenters. The van der Waals surface area contributed by atoms with E-state index in [1.807, 2.05) is 0 Å². The van der Waals surface area contributed by atoms with E-state index in [2.05, 4.69) is 15.2 Å². The molecule has 3 heterocycles. The average Bonchev–Trinajstić information content (AvgIpc) is 3.28. The highest BCUT2D eigenvalue weighted by Crippen LogP contribution is 2.71. The first kappa shape index (κ1) is 32.4. The van der Waals surface area contributed by atoms with Gasteiger partial charge in [-0.1, -0.05) is 32.0 Å². The van der Waals surface area contributed by atoms with Crippen LogP contribution in [-0.4, -0.2) is 68.6 Å². The van der Waals surface area contributed by atoms with Gasteiger partial charge in [-0.3, -0.25) is 18.9 Å². The second kappa shape index (κ2) is 12.4. The number of carbonyl (C=O) groups is 3. The summed E-state index contributed by atoms with van der Waals surface area (Å²) in [5.41, 5.74) is 3.67. The van der Waals surface area contributed by atoms with Crippen LogP contribution < -0.4 is 15.3 Å². The molecule has 1 saturated heterocycles. The van der Waals surface area contributed by atoms with E-state index in [1.165, 1.54) is 17.8 Å². The molecule has 0 radical (unpaired) electrons. The van der Waals surface area contributed by atoms with Crippen molar-refractivity contribution in [1.82, 2.24) is 19.7 Å². The lowest BCUT2D eigenvalue weighted by Gasteiger charge is -2.30. The molecule has 2 aliphatic rings. The van der Waals surface area contributed by atoms with Crippen LogP contribution in [0, 0.1) is 0 Å². The third-order valence-corrected chi connectivity index (χ3v) is 9.42. The topological polar surface area (TPSA) is 192 Å². The molecule has 3 N–H and O–H groups in total. The minimum absolute atomic E-state index is 0.00149. The third-order valence-electron chi connectivity index (χ3n) is 7.78. The molecule has 45 heavy (non-hydrogen) atoms. The number of fused-ring (bicyclic) bond motifs is 2. The van der Waals surface area contributed by atoms with Gasteiger partial charge in [0.25, 0.3) is 0 Å². The van der Waals surface area contributed by atoms with E-state index >= 15 is 0 Å². The zero-order valence-electron chi connectivity index (χ0n) is 25.5. The molecule has 3 aromatic rings. The van der Waals surface area contributed by atoms with Crippen molar-refractivity contribution in [3.63, 3.8) is 0 Å². The van der Waals surface area contributed by atoms with Crippen LogP contribution in [0.4, 0.5) is 5.82 Å². The molecule has 0 amide bonds. The minimum Gasteiger partial charge on any atom is -0.465 e. The first-order chi connectivity index (χ1) is 21.4. The van der Waals surface area contributed by atoms with Crippen molar-refractivity contribution < 1.29 is 46.9 Å². The van der Waals surface area contributed by atoms with Crippen LogP contribution in [0.5, 0.6) is 5.75 Å². The smallest absolute Gasteiger partial charge is 0.459 e. The molecule has 1 aliphatic carbocycles. The maximum Gasteiger partial charge on any atom is 0.459 e. The molecule has 1 saturated carbocycles. The lowest BCUT2D eigenvalue weighted by atomic mass is 10.0. The summed E-state index contributed by atoms with van der Waals surface area (Å²) in [5, 5.41) is 6.90. The third kappa shape index (κ3) is 5.76. The number of carbonyl (C=O) groups excluding carboxylic acids is 3. The summed E-state index contributed by atoms with van der Waals surface area (Å²) < 4.78 is 51.4. The number of esters is 3. The van der Waals surface area contributed by atoms with Gasteiger partial charge in [0.1, 0.15) is 41.4 Å². The molecular weight excluding hydrogens is 609 g/mol. The molecule has 7 atom stereocenters. The first-order valence-corrected chi connectivity index (χ1v) is 16.1. The van der Waals surface area contributed by atoms with Gasteiger partial charge >= 0.3 is 25.7 Å². The number of aromatic nitrogens is 3. The molecular formula is C29H36N5O10P. The molecule has 2 fully saturated rings. The summed E-state index contributed by atoms with van der Waals surface area (Å²) in [4.78, 5) is 42.3. The van der Waals surface area contributed by atoms with Crippen molar-refractivity contribution in [2.24, 2.45) is 0 Å². The summed E-state index contributed by atoms with van der Waals surface area (Å²) in [6.07, 6.45) is -2.35. The van der Waals surface area contributed by atoms with Crippen LogP contribution in [0.1, 0.15) is 59.3 Å². The maximum absolute atomic E-state index is 14.4. The van der Waals surface area contributed by atoms with Gasteiger partial charge in [0.15, 0.2) is 11.9 Å². The number of nitrogens with two attached hydrogens (primary N) is 1. The van der Waals surface area contributed by atoms with E-state index in [0.29, 0.717) is 11.2 Å². The Hall–Kier alpha value is -4.04. The Labute approximate surface area is 259 Å². The van der Waals surface area contributed by atoms with E-state index in [1.54, 1.807) is 70.2 Å². The minimum atomic E-state index is -4.46. The maximum atomic E-state index is 14.4. The van der Waals surface area contributed by atoms with Gasteiger partial charge in [0, 0.05) is 12.8 Å². The van der Waals surface area contributed by atoms with E-state index in [4.69, 9.17) is 33.7 Å². The van der Waals surface area contributed by atoms with Gasteiger partial charge in [-0.15, -0.1) is 0 Å². The van der Waals surface area contributed by atoms with Crippen LogP contribution in [0.25, 0.3) is 5.52 Å². The number of hydrogen-bond acceptors (Lipinski definition) is 13. The lowest BCUT2D eigenvalue weighted by molar-refractivity contribution is -0.177. The number of anilines is 1. The monoisotopic (exact) mass is 645 g/mol. The summed E-state index contributed by atoms with van der Waals surface area (Å²) in [6.45, 7) is 7.97. The van der Waals surface area contributed by atoms with Gasteiger partial charge in [-0.05, 0) is 45.0 Å². The molecule has 15 nitrogen and oxygen atoms in total. The summed E-state index contributed by atoms with van der Waals surface area (Å²) in [5.74, 6) is -1.57. The Morgan fingerprint density at radius 3 is 2.49 bits per heavy atom. The fourth-order valence-corrected chi connectivity index (χ4v) is 7.28. The quantitative estimate of drug-likeness (QED) is 0.156. The van der Waals surface area contributed by atoms with Crippen molar-refractivity contribution in [2.45, 2.75) is 83.0 Å². The summed E-state index contributed by atoms with van der Waals surface area (Å²) in [7, 11) is -4.46. The Morgan fingerprint density at radius 1 is 1.11 bits per heavy atom. The second-order valence-corrected chi connectivity index (χ2v) is 12.4. The largest absolute Gasteiger partial charge is 0.465 e. The normalized spacial score (nSPS) is 27.2. The molecule has 5 rings (SSSR count). The van der Waals surface area contributed by atoms with Gasteiger partial charge in [0.2, 0.25) is 5.60 Å². The van der Waals surface area contributed by atoms with Gasteiger partial charge in [0.05, 0.1) is 12.3 Å². The Kier molecular flexibility index (Phi) is 8.91. The lowest BCUT2D eigenvalue weighted by Crippen LogP contribution is -2.43. The molecule has 16 heteroatoms. The number of nitrogens with one attached hydrogen (secondary N) is 1. The highest BCUT2D eigenvalue weighted by Gasteiger charge is 2.91. The summed E-state index contributed by atoms with van der Waals surface area (Å²) in [6, 6.07) is 10.4. The number of benzene rings is 1. The average molecular weight is 646 g/mol. The molecule has 1 aromatic carbocycles. The van der Waals surface area contributed by atoms with E-state index in [9.17, 15) is 18.9 Å². The molecule has 0 spiro atoms. The molecule has 1 aliphatic heterocycles. The van der Waals surface area contributed by atoms with Crippen LogP contribution >= 0.6 is 7.75 Å². The first-order valence-electron chi connectivity index (χ1n) is 14.6. The van der Waals surface area contributed by atoms with Crippen molar-refractivity contribution in [2.75, 3.05) is 12.3 Å². The van der Waals surface area contributed by atoms with Crippen molar-refractivity contribution in [3.8, 4) is 5.75 Å². The van der Waals surface area contributed by atoms with E-state index in [-0.39, 0.29) is 31.0 Å². The number of para-hydroxylation sites is 1. The highest BCUT2D eigenvalue weighted by molar-refractivity contribution is 7.52. The SMILES string of the molecule is CCOC(=O)[C@H](C)N[P@@](=O)(Oc1ccccc1)OC1[C@@]2(C)O[C@@H](c3ccc4c(N)ncnn34)[C@H](OC(=O)CC)[C@@]12OC(=O)CC. The predicted molar refractivity (Wildman–Crippen MR) is 158 cm³/mol. The molecule has 242 valence electrons. The van der Waals surface area contributed by atoms with Crippen molar-refractivity contribution >= 4 is 37.0 Å². The van der Waals surface area contributed by atoms with E-state index < -0.39 is 61.2 Å². The molecule has 0 bridgehead atoms. The van der Waals surface area contributed by atoms with Crippen LogP contribution in [0.2, 0.25) is 0 Å². The van der Waals surface area contributed by atoms with Crippen molar-refractivity contribution in [3.05, 3.63) is 54.5 Å². The Balaban J connectivity index is 1.57. The Bertz CT molecular complexity index is 1640. The van der Waals surface area contributed by atoms with E-state index in [0.717, 1.165) is 0 Å². The number of ether oxygens (including phenoxy) is 4. The zero-order valence-corrected chi connectivity index (χ0v) is 26.4. The standard InChI is InChI=1S/C29H36N5O10P/c1-6-21(35)40-24-23(19-14-15-20-25(30)31-16-32-34(19)20)42-28(5)27(29(24,28)41-22(36)7-2)44-45(38,33-17(4)26(37)39-8-3)43-18-12-10-9-11-13-18/h9-17,23-24,27H,6-8H2,1-5H3,(H,33,38)(H2,30,31,32)/t17-,23-,24-,27?,28+,29+,45+/m0/s1. The number of hydrogen-bond donors (Lipinski definition) is 2.